The molecule has 0 saturated carbocycles. The second-order valence-electron chi connectivity index (χ2n) is 4.99. The van der Waals surface area contributed by atoms with Crippen LogP contribution in [0.2, 0.25) is 0 Å². The quantitative estimate of drug-likeness (QED) is 0.559. The Morgan fingerprint density at radius 3 is 2.45 bits per heavy atom. The largest absolute Gasteiger partial charge is 0.297 e. The molecule has 112 valence electrons. The molecule has 20 heavy (non-hydrogen) atoms. The molecule has 0 aromatic heterocycles. The van der Waals surface area contributed by atoms with Gasteiger partial charge in [0.15, 0.2) is 0 Å². The number of hydrogen-bond donors (Lipinski definition) is 0. The zero-order chi connectivity index (χ0) is 20.4. The van der Waals surface area contributed by atoms with Crippen LogP contribution in [0, 0.1) is 6.92 Å². The van der Waals surface area contributed by atoms with E-state index in [1.165, 1.54) is 24.3 Å². The standard InChI is InChI=1S/C16H24O3S/c1-13(2)7-6-12-16(4,5)19-20(17,18)15-10-8-14(3)9-11-15/h8-11H,1,6-7,12H2,2-5H3/i4D3,5D3. The molecule has 0 aliphatic carbocycles. The molecule has 4 heteroatoms. The highest BCUT2D eigenvalue weighted by Gasteiger charge is 2.27. The summed E-state index contributed by atoms with van der Waals surface area (Å²) in [4.78, 5) is -0.291. The molecule has 0 radical (unpaired) electrons. The molecule has 0 spiro atoms. The second kappa shape index (κ2) is 6.55. The molecule has 0 heterocycles. The van der Waals surface area contributed by atoms with Crippen LogP contribution in [-0.2, 0) is 14.3 Å². The minimum atomic E-state index is -4.59. The normalized spacial score (nSPS) is 18.1. The van der Waals surface area contributed by atoms with Crippen molar-refractivity contribution < 1.29 is 20.8 Å². The van der Waals surface area contributed by atoms with Gasteiger partial charge in [-0.2, -0.15) is 8.42 Å². The zero-order valence-corrected chi connectivity index (χ0v) is 12.6. The van der Waals surface area contributed by atoms with Crippen LogP contribution >= 0.6 is 0 Å². The first-order valence-corrected chi connectivity index (χ1v) is 7.70. The highest BCUT2D eigenvalue weighted by atomic mass is 32.2. The van der Waals surface area contributed by atoms with Gasteiger partial charge < -0.3 is 0 Å². The number of rotatable bonds is 7. The molecule has 1 rings (SSSR count). The predicted octanol–water partition coefficient (Wildman–Crippen LogP) is 4.23. The SMILES string of the molecule is [2H]C([2H])([2H])C(CCCC(=C)C)(OS(=O)(=O)c1ccc(C)cc1)C([2H])([2H])[2H]. The van der Waals surface area contributed by atoms with Crippen LogP contribution < -0.4 is 0 Å². The first-order chi connectivity index (χ1) is 11.6. The molecule has 0 aliphatic heterocycles. The molecule has 3 nitrogen and oxygen atoms in total. The van der Waals surface area contributed by atoms with E-state index in [2.05, 4.69) is 6.58 Å². The molecule has 0 N–H and O–H groups in total. The maximum atomic E-state index is 12.6. The van der Waals surface area contributed by atoms with Gasteiger partial charge in [-0.15, -0.1) is 6.58 Å². The van der Waals surface area contributed by atoms with Crippen molar-refractivity contribution in [3.63, 3.8) is 0 Å². The summed E-state index contributed by atoms with van der Waals surface area (Å²) >= 11 is 0. The molecular formula is C16H24O3S. The lowest BCUT2D eigenvalue weighted by Gasteiger charge is -2.24. The molecular weight excluding hydrogens is 272 g/mol. The van der Waals surface area contributed by atoms with Crippen molar-refractivity contribution >= 4 is 10.1 Å². The van der Waals surface area contributed by atoms with E-state index < -0.39 is 35.8 Å². The van der Waals surface area contributed by atoms with Gasteiger partial charge >= 0.3 is 0 Å². The van der Waals surface area contributed by atoms with Crippen LogP contribution in [0.3, 0.4) is 0 Å². The number of hydrogen-bond acceptors (Lipinski definition) is 3. The fourth-order valence-corrected chi connectivity index (χ4v) is 2.64. The predicted molar refractivity (Wildman–Crippen MR) is 82.2 cm³/mol. The van der Waals surface area contributed by atoms with Gasteiger partial charge in [-0.05, 0) is 58.9 Å². The summed E-state index contributed by atoms with van der Waals surface area (Å²) < 4.78 is 76.5. The highest BCUT2D eigenvalue weighted by Crippen LogP contribution is 2.25. The average molecular weight is 302 g/mol. The summed E-state index contributed by atoms with van der Waals surface area (Å²) in [5, 5.41) is 0. The fourth-order valence-electron chi connectivity index (χ4n) is 1.62. The van der Waals surface area contributed by atoms with Crippen LogP contribution in [0.1, 0.15) is 53.7 Å². The summed E-state index contributed by atoms with van der Waals surface area (Å²) in [6.07, 6.45) is 0.00926. The summed E-state index contributed by atoms with van der Waals surface area (Å²) in [7, 11) is -4.59. The number of allylic oxidation sites excluding steroid dienone is 1. The Labute approximate surface area is 131 Å². The van der Waals surface area contributed by atoms with E-state index in [1.54, 1.807) is 13.8 Å². The third-order valence-electron chi connectivity index (χ3n) is 2.69. The van der Waals surface area contributed by atoms with Gasteiger partial charge in [0.1, 0.15) is 0 Å². The van der Waals surface area contributed by atoms with E-state index >= 15 is 0 Å². The topological polar surface area (TPSA) is 43.4 Å². The van der Waals surface area contributed by atoms with Gasteiger partial charge in [0, 0.05) is 8.22 Å². The van der Waals surface area contributed by atoms with Gasteiger partial charge in [0.2, 0.25) is 0 Å². The van der Waals surface area contributed by atoms with Crippen molar-refractivity contribution in [1.29, 1.82) is 0 Å². The highest BCUT2D eigenvalue weighted by molar-refractivity contribution is 7.86. The average Bonchev–Trinajstić information content (AvgIpc) is 2.43. The third-order valence-corrected chi connectivity index (χ3v) is 4.05. The van der Waals surface area contributed by atoms with Crippen molar-refractivity contribution in [3.05, 3.63) is 42.0 Å². The molecule has 0 bridgehead atoms. The monoisotopic (exact) mass is 302 g/mol. The summed E-state index contributed by atoms with van der Waals surface area (Å²) in [5.41, 5.74) is -1.31. The van der Waals surface area contributed by atoms with Crippen molar-refractivity contribution in [2.45, 2.75) is 57.3 Å². The van der Waals surface area contributed by atoms with E-state index in [-0.39, 0.29) is 11.3 Å². The molecule has 1 aromatic carbocycles. The Bertz CT molecular complexity index is 719. The van der Waals surface area contributed by atoms with E-state index in [4.69, 9.17) is 12.4 Å². The van der Waals surface area contributed by atoms with E-state index in [0.717, 1.165) is 11.1 Å². The van der Waals surface area contributed by atoms with Crippen molar-refractivity contribution in [2.75, 3.05) is 0 Å². The Balaban J connectivity index is 3.39. The van der Waals surface area contributed by atoms with Crippen LogP contribution in [0.4, 0.5) is 0 Å². The zero-order valence-electron chi connectivity index (χ0n) is 17.8. The van der Waals surface area contributed by atoms with E-state index in [9.17, 15) is 8.42 Å². The molecule has 0 saturated heterocycles. The Morgan fingerprint density at radius 2 is 1.95 bits per heavy atom. The summed E-state index contributed by atoms with van der Waals surface area (Å²) in [5.74, 6) is 0. The van der Waals surface area contributed by atoms with Gasteiger partial charge in [-0.1, -0.05) is 23.3 Å². The van der Waals surface area contributed by atoms with Gasteiger partial charge in [0.25, 0.3) is 10.1 Å². The molecule has 0 unspecified atom stereocenters. The van der Waals surface area contributed by atoms with Crippen molar-refractivity contribution in [3.8, 4) is 0 Å². The maximum Gasteiger partial charge on any atom is 0.297 e. The van der Waals surface area contributed by atoms with Crippen LogP contribution in [0.5, 0.6) is 0 Å². The van der Waals surface area contributed by atoms with Crippen LogP contribution in [0.25, 0.3) is 0 Å². The molecule has 0 fully saturated rings. The minimum Gasteiger partial charge on any atom is -0.260 e. The maximum absolute atomic E-state index is 12.6. The Hall–Kier alpha value is -1.13. The van der Waals surface area contributed by atoms with E-state index in [0.29, 0.717) is 6.42 Å². The third kappa shape index (κ3) is 5.47. The summed E-state index contributed by atoms with van der Waals surface area (Å²) in [6, 6.07) is 5.54. The van der Waals surface area contributed by atoms with Crippen molar-refractivity contribution in [1.82, 2.24) is 0 Å². The van der Waals surface area contributed by atoms with Gasteiger partial charge in [-0.25, -0.2) is 0 Å². The van der Waals surface area contributed by atoms with Crippen LogP contribution in [0.15, 0.2) is 41.3 Å². The van der Waals surface area contributed by atoms with Gasteiger partial charge in [0.05, 0.1) is 10.5 Å². The van der Waals surface area contributed by atoms with Gasteiger partial charge in [-0.3, -0.25) is 4.18 Å². The summed E-state index contributed by atoms with van der Waals surface area (Å²) in [6.45, 7) is 0.811. The lowest BCUT2D eigenvalue weighted by molar-refractivity contribution is 0.105. The lowest BCUT2D eigenvalue weighted by Crippen LogP contribution is -2.28. The first-order valence-electron chi connectivity index (χ1n) is 9.29. The molecule has 1 aromatic rings. The second-order valence-corrected chi connectivity index (χ2v) is 6.53. The minimum absolute atomic E-state index is 0.121. The van der Waals surface area contributed by atoms with E-state index in [1.807, 2.05) is 0 Å². The number of benzene rings is 1. The fraction of sp³-hybridized carbons (Fsp3) is 0.500. The first kappa shape index (κ1) is 9.74. The van der Waals surface area contributed by atoms with Crippen LogP contribution in [-0.4, -0.2) is 14.0 Å². The molecule has 0 aliphatic rings. The Kier molecular flexibility index (Phi) is 3.19. The molecule has 0 amide bonds. The Morgan fingerprint density at radius 1 is 1.35 bits per heavy atom. The smallest absolute Gasteiger partial charge is 0.260 e. The molecule has 0 atom stereocenters. The number of aryl methyl sites for hydroxylation is 1. The lowest BCUT2D eigenvalue weighted by atomic mass is 10.00. The van der Waals surface area contributed by atoms with Crippen molar-refractivity contribution in [2.24, 2.45) is 0 Å².